The van der Waals surface area contributed by atoms with Gasteiger partial charge in [-0.1, -0.05) is 24.3 Å². The molecule has 0 atom stereocenters. The zero-order valence-electron chi connectivity index (χ0n) is 14.6. The van der Waals surface area contributed by atoms with Gasteiger partial charge in [0.2, 0.25) is 0 Å². The van der Waals surface area contributed by atoms with Crippen molar-refractivity contribution in [1.82, 2.24) is 9.80 Å². The second-order valence-corrected chi connectivity index (χ2v) is 7.56. The van der Waals surface area contributed by atoms with Crippen LogP contribution in [-0.2, 0) is 13.1 Å². The van der Waals surface area contributed by atoms with Crippen LogP contribution >= 0.6 is 0 Å². The van der Waals surface area contributed by atoms with Crippen LogP contribution < -0.4 is 0 Å². The van der Waals surface area contributed by atoms with Gasteiger partial charge in [0.15, 0.2) is 0 Å². The molecule has 2 fully saturated rings. The van der Waals surface area contributed by atoms with Crippen molar-refractivity contribution < 1.29 is 0 Å². The summed E-state index contributed by atoms with van der Waals surface area (Å²) in [7, 11) is 0. The van der Waals surface area contributed by atoms with E-state index in [1.54, 1.807) is 0 Å². The van der Waals surface area contributed by atoms with Crippen LogP contribution in [0.25, 0.3) is 21.5 Å². The highest BCUT2D eigenvalue weighted by Gasteiger charge is 2.19. The van der Waals surface area contributed by atoms with Crippen LogP contribution in [0.4, 0.5) is 0 Å². The highest BCUT2D eigenvalue weighted by Crippen LogP contribution is 2.34. The van der Waals surface area contributed by atoms with Crippen LogP contribution in [0.1, 0.15) is 22.3 Å². The van der Waals surface area contributed by atoms with E-state index in [0.29, 0.717) is 0 Å². The first-order chi connectivity index (χ1) is 11.7. The third-order valence-corrected chi connectivity index (χ3v) is 5.68. The average Bonchev–Trinajstić information content (AvgIpc) is 3.49. The van der Waals surface area contributed by atoms with Gasteiger partial charge in [0.25, 0.3) is 0 Å². The summed E-state index contributed by atoms with van der Waals surface area (Å²) in [5.41, 5.74) is 5.74. The molecule has 5 rings (SSSR count). The Hall–Kier alpha value is -1.90. The molecular formula is C22H24N2. The van der Waals surface area contributed by atoms with Gasteiger partial charge in [-0.25, -0.2) is 0 Å². The maximum Gasteiger partial charge on any atom is 0.0235 e. The largest absolute Gasteiger partial charge is 0.297 e. The molecule has 24 heavy (non-hydrogen) atoms. The number of nitrogens with zero attached hydrogens (tertiary/aromatic N) is 2. The quantitative estimate of drug-likeness (QED) is 0.524. The number of aryl methyl sites for hydroxylation is 2. The zero-order valence-corrected chi connectivity index (χ0v) is 14.6. The molecule has 2 saturated heterocycles. The van der Waals surface area contributed by atoms with Crippen LogP contribution in [0.3, 0.4) is 0 Å². The summed E-state index contributed by atoms with van der Waals surface area (Å²) in [5, 5.41) is 5.69. The highest BCUT2D eigenvalue weighted by molar-refractivity contribution is 6.05. The Kier molecular flexibility index (Phi) is 3.19. The molecule has 0 N–H and O–H groups in total. The summed E-state index contributed by atoms with van der Waals surface area (Å²) < 4.78 is 0. The molecule has 3 aromatic rings. The van der Waals surface area contributed by atoms with Crippen molar-refractivity contribution in [1.29, 1.82) is 0 Å². The second kappa shape index (κ2) is 5.30. The molecule has 0 bridgehead atoms. The lowest BCUT2D eigenvalue weighted by molar-refractivity contribution is 0.556. The summed E-state index contributed by atoms with van der Waals surface area (Å²) in [6.07, 6.45) is 0. The number of fused-ring (bicyclic) bond motifs is 2. The van der Waals surface area contributed by atoms with Crippen molar-refractivity contribution in [3.05, 3.63) is 58.7 Å². The fraction of sp³-hybridized carbons (Fsp3) is 0.364. The fourth-order valence-corrected chi connectivity index (χ4v) is 3.92. The lowest BCUT2D eigenvalue weighted by atomic mass is 9.91. The average molecular weight is 316 g/mol. The van der Waals surface area contributed by atoms with E-state index in [1.165, 1.54) is 70.0 Å². The minimum Gasteiger partial charge on any atom is -0.297 e. The third-order valence-electron chi connectivity index (χ3n) is 5.68. The predicted molar refractivity (Wildman–Crippen MR) is 101 cm³/mol. The smallest absolute Gasteiger partial charge is 0.0235 e. The summed E-state index contributed by atoms with van der Waals surface area (Å²) in [6, 6.07) is 14.1. The Labute approximate surface area is 143 Å². The van der Waals surface area contributed by atoms with Crippen LogP contribution in [-0.4, -0.2) is 36.0 Å². The lowest BCUT2D eigenvalue weighted by Gasteiger charge is -2.15. The first-order valence-electron chi connectivity index (χ1n) is 9.08. The lowest BCUT2D eigenvalue weighted by Crippen LogP contribution is -1.99. The zero-order chi connectivity index (χ0) is 16.3. The van der Waals surface area contributed by atoms with E-state index < -0.39 is 0 Å². The van der Waals surface area contributed by atoms with Crippen molar-refractivity contribution >= 4 is 21.5 Å². The standard InChI is InChI=1S/C22H24N2/c1-15-19-5-3-18(14-24-9-10-24)12-22(19)16(2)20-6-4-17(11-21(15)20)13-23-7-8-23/h3-6,11-12H,7-10,13-14H2,1-2H3. The molecule has 3 aromatic carbocycles. The van der Waals surface area contributed by atoms with Gasteiger partial charge in [-0.3, -0.25) is 9.80 Å². The summed E-state index contributed by atoms with van der Waals surface area (Å²) in [4.78, 5) is 4.95. The van der Waals surface area contributed by atoms with Crippen molar-refractivity contribution in [2.24, 2.45) is 0 Å². The molecule has 2 aliphatic heterocycles. The Morgan fingerprint density at radius 3 is 1.42 bits per heavy atom. The molecule has 2 heteroatoms. The molecule has 2 heterocycles. The predicted octanol–water partition coefficient (Wildman–Crippen LogP) is 4.24. The first-order valence-corrected chi connectivity index (χ1v) is 9.08. The molecule has 0 spiro atoms. The monoisotopic (exact) mass is 316 g/mol. The molecule has 0 aliphatic carbocycles. The van der Waals surface area contributed by atoms with E-state index in [4.69, 9.17) is 0 Å². The highest BCUT2D eigenvalue weighted by atomic mass is 15.3. The molecule has 2 nitrogen and oxygen atoms in total. The Balaban J connectivity index is 1.67. The summed E-state index contributed by atoms with van der Waals surface area (Å²) in [6.45, 7) is 11.8. The van der Waals surface area contributed by atoms with Gasteiger partial charge in [-0.2, -0.15) is 0 Å². The van der Waals surface area contributed by atoms with Gasteiger partial charge in [0, 0.05) is 39.3 Å². The Morgan fingerprint density at radius 2 is 1.04 bits per heavy atom. The van der Waals surface area contributed by atoms with Crippen LogP contribution in [0, 0.1) is 13.8 Å². The van der Waals surface area contributed by atoms with E-state index in [1.807, 2.05) is 0 Å². The van der Waals surface area contributed by atoms with E-state index in [2.05, 4.69) is 60.0 Å². The van der Waals surface area contributed by atoms with Gasteiger partial charge in [-0.15, -0.1) is 0 Å². The number of rotatable bonds is 4. The number of hydrogen-bond acceptors (Lipinski definition) is 2. The van der Waals surface area contributed by atoms with E-state index in [0.717, 1.165) is 13.1 Å². The molecular weight excluding hydrogens is 292 g/mol. The fourth-order valence-electron chi connectivity index (χ4n) is 3.92. The second-order valence-electron chi connectivity index (χ2n) is 7.56. The maximum atomic E-state index is 2.48. The van der Waals surface area contributed by atoms with Gasteiger partial charge >= 0.3 is 0 Å². The maximum absolute atomic E-state index is 2.48. The van der Waals surface area contributed by atoms with Gasteiger partial charge in [0.05, 0.1) is 0 Å². The van der Waals surface area contributed by atoms with Gasteiger partial charge < -0.3 is 0 Å². The van der Waals surface area contributed by atoms with Gasteiger partial charge in [-0.05, 0) is 69.8 Å². The number of benzene rings is 3. The molecule has 122 valence electrons. The van der Waals surface area contributed by atoms with E-state index >= 15 is 0 Å². The SMILES string of the molecule is Cc1c2ccc(CN3CC3)cc2c(C)c2ccc(CN3CC3)cc12. The third kappa shape index (κ3) is 2.51. The van der Waals surface area contributed by atoms with Crippen molar-refractivity contribution in [3.8, 4) is 0 Å². The van der Waals surface area contributed by atoms with Crippen molar-refractivity contribution in [2.45, 2.75) is 26.9 Å². The minimum atomic E-state index is 1.10. The first kappa shape index (κ1) is 14.4. The summed E-state index contributed by atoms with van der Waals surface area (Å²) in [5.74, 6) is 0. The Morgan fingerprint density at radius 1 is 0.625 bits per heavy atom. The molecule has 2 aliphatic rings. The minimum absolute atomic E-state index is 1.10. The summed E-state index contributed by atoms with van der Waals surface area (Å²) >= 11 is 0. The number of hydrogen-bond donors (Lipinski definition) is 0. The molecule has 0 aromatic heterocycles. The molecule has 0 amide bonds. The van der Waals surface area contributed by atoms with Crippen molar-refractivity contribution in [2.75, 3.05) is 26.2 Å². The normalized spacial score (nSPS) is 17.8. The molecule has 0 unspecified atom stereocenters. The van der Waals surface area contributed by atoms with Gasteiger partial charge in [0.1, 0.15) is 0 Å². The van der Waals surface area contributed by atoms with E-state index in [-0.39, 0.29) is 0 Å². The van der Waals surface area contributed by atoms with Crippen LogP contribution in [0.5, 0.6) is 0 Å². The Bertz CT molecular complexity index is 870. The molecule has 0 radical (unpaired) electrons. The van der Waals surface area contributed by atoms with Crippen LogP contribution in [0.15, 0.2) is 36.4 Å². The van der Waals surface area contributed by atoms with Crippen molar-refractivity contribution in [3.63, 3.8) is 0 Å². The van der Waals surface area contributed by atoms with Crippen LogP contribution in [0.2, 0.25) is 0 Å². The topological polar surface area (TPSA) is 6.02 Å². The van der Waals surface area contributed by atoms with E-state index in [9.17, 15) is 0 Å². The molecule has 0 saturated carbocycles.